The molecular weight excluding hydrogens is 242 g/mol. The predicted molar refractivity (Wildman–Crippen MR) is 79.2 cm³/mol. The fourth-order valence-electron chi connectivity index (χ4n) is 1.68. The standard InChI is InChI=1S/C15H23NOS/c1-3-11(2)18-10-15(16)12-5-4-6-14(9-12)17-13-7-8-13/h4-6,9,11,13,15H,3,7-8,10,16H2,1-2H3. The third-order valence-corrected chi connectivity index (χ3v) is 4.70. The molecule has 2 unspecified atom stereocenters. The van der Waals surface area contributed by atoms with Crippen LogP contribution in [-0.4, -0.2) is 17.1 Å². The fourth-order valence-corrected chi connectivity index (χ4v) is 2.64. The molecule has 3 heteroatoms. The minimum atomic E-state index is 0.103. The summed E-state index contributed by atoms with van der Waals surface area (Å²) in [6, 6.07) is 8.37. The molecule has 2 N–H and O–H groups in total. The van der Waals surface area contributed by atoms with Gasteiger partial charge in [0.1, 0.15) is 5.75 Å². The Labute approximate surface area is 114 Å². The van der Waals surface area contributed by atoms with Gasteiger partial charge in [-0.15, -0.1) is 0 Å². The Morgan fingerprint density at radius 3 is 2.89 bits per heavy atom. The smallest absolute Gasteiger partial charge is 0.120 e. The van der Waals surface area contributed by atoms with Gasteiger partial charge in [-0.25, -0.2) is 0 Å². The summed E-state index contributed by atoms with van der Waals surface area (Å²) in [5.74, 6) is 1.95. The van der Waals surface area contributed by atoms with Gasteiger partial charge in [-0.1, -0.05) is 26.0 Å². The lowest BCUT2D eigenvalue weighted by molar-refractivity contribution is 0.303. The molecule has 1 aromatic rings. The minimum Gasteiger partial charge on any atom is -0.490 e. The topological polar surface area (TPSA) is 35.2 Å². The first-order valence-electron chi connectivity index (χ1n) is 6.83. The number of thioether (sulfide) groups is 1. The highest BCUT2D eigenvalue weighted by Gasteiger charge is 2.23. The monoisotopic (exact) mass is 265 g/mol. The zero-order chi connectivity index (χ0) is 13.0. The first kappa shape index (κ1) is 13.8. The zero-order valence-electron chi connectivity index (χ0n) is 11.3. The molecule has 0 amide bonds. The number of hydrogen-bond donors (Lipinski definition) is 1. The molecule has 0 bridgehead atoms. The van der Waals surface area contributed by atoms with E-state index in [0.717, 1.165) is 11.5 Å². The van der Waals surface area contributed by atoms with E-state index in [4.69, 9.17) is 10.5 Å². The SMILES string of the molecule is CCC(C)SCC(N)c1cccc(OC2CC2)c1. The molecule has 1 fully saturated rings. The van der Waals surface area contributed by atoms with Gasteiger partial charge in [-0.05, 0) is 37.0 Å². The van der Waals surface area contributed by atoms with Crippen LogP contribution >= 0.6 is 11.8 Å². The molecule has 1 aliphatic carbocycles. The van der Waals surface area contributed by atoms with Gasteiger partial charge >= 0.3 is 0 Å². The van der Waals surface area contributed by atoms with Crippen molar-refractivity contribution < 1.29 is 4.74 Å². The molecule has 2 atom stereocenters. The molecule has 0 spiro atoms. The second kappa shape index (κ2) is 6.48. The van der Waals surface area contributed by atoms with Crippen LogP contribution in [0.1, 0.15) is 44.7 Å². The summed E-state index contributed by atoms with van der Waals surface area (Å²) in [7, 11) is 0. The highest BCUT2D eigenvalue weighted by Crippen LogP contribution is 2.29. The van der Waals surface area contributed by atoms with E-state index in [-0.39, 0.29) is 6.04 Å². The van der Waals surface area contributed by atoms with E-state index in [2.05, 4.69) is 26.0 Å². The average molecular weight is 265 g/mol. The summed E-state index contributed by atoms with van der Waals surface area (Å²) in [5.41, 5.74) is 7.42. The molecule has 0 saturated heterocycles. The lowest BCUT2D eigenvalue weighted by Crippen LogP contribution is -2.14. The molecule has 2 rings (SSSR count). The molecule has 0 aliphatic heterocycles. The van der Waals surface area contributed by atoms with E-state index in [1.54, 1.807) is 0 Å². The Morgan fingerprint density at radius 2 is 2.22 bits per heavy atom. The molecule has 100 valence electrons. The average Bonchev–Trinajstić information content (AvgIpc) is 3.19. The van der Waals surface area contributed by atoms with Crippen molar-refractivity contribution in [3.8, 4) is 5.75 Å². The van der Waals surface area contributed by atoms with Crippen molar-refractivity contribution in [3.05, 3.63) is 29.8 Å². The lowest BCUT2D eigenvalue weighted by Gasteiger charge is -2.15. The van der Waals surface area contributed by atoms with Crippen LogP contribution < -0.4 is 10.5 Å². The molecule has 1 saturated carbocycles. The van der Waals surface area contributed by atoms with E-state index in [1.807, 2.05) is 23.9 Å². The van der Waals surface area contributed by atoms with Crippen molar-refractivity contribution in [1.82, 2.24) is 0 Å². The summed E-state index contributed by atoms with van der Waals surface area (Å²) in [5, 5.41) is 0.682. The van der Waals surface area contributed by atoms with Crippen LogP contribution in [0.25, 0.3) is 0 Å². The molecule has 0 heterocycles. The van der Waals surface area contributed by atoms with Gasteiger partial charge in [-0.3, -0.25) is 0 Å². The molecule has 2 nitrogen and oxygen atoms in total. The first-order valence-corrected chi connectivity index (χ1v) is 7.87. The van der Waals surface area contributed by atoms with Gasteiger partial charge in [0.2, 0.25) is 0 Å². The Balaban J connectivity index is 1.89. The van der Waals surface area contributed by atoms with Crippen molar-refractivity contribution in [2.24, 2.45) is 5.73 Å². The number of rotatable bonds is 7. The van der Waals surface area contributed by atoms with Crippen LogP contribution in [0.3, 0.4) is 0 Å². The maximum atomic E-state index is 6.24. The van der Waals surface area contributed by atoms with E-state index >= 15 is 0 Å². The van der Waals surface area contributed by atoms with Gasteiger partial charge in [0.05, 0.1) is 6.10 Å². The molecule has 1 aromatic carbocycles. The van der Waals surface area contributed by atoms with Crippen LogP contribution in [-0.2, 0) is 0 Å². The number of benzene rings is 1. The summed E-state index contributed by atoms with van der Waals surface area (Å²) >= 11 is 1.95. The van der Waals surface area contributed by atoms with Crippen molar-refractivity contribution in [2.45, 2.75) is 50.5 Å². The number of ether oxygens (including phenoxy) is 1. The zero-order valence-corrected chi connectivity index (χ0v) is 12.1. The third-order valence-electron chi connectivity index (χ3n) is 3.25. The highest BCUT2D eigenvalue weighted by atomic mass is 32.2. The molecular formula is C15H23NOS. The van der Waals surface area contributed by atoms with Crippen LogP contribution in [0.15, 0.2) is 24.3 Å². The highest BCUT2D eigenvalue weighted by molar-refractivity contribution is 7.99. The summed E-state index contributed by atoms with van der Waals surface area (Å²) in [4.78, 5) is 0. The molecule has 0 radical (unpaired) electrons. The van der Waals surface area contributed by atoms with Crippen molar-refractivity contribution in [2.75, 3.05) is 5.75 Å². The van der Waals surface area contributed by atoms with Crippen LogP contribution in [0.5, 0.6) is 5.75 Å². The van der Waals surface area contributed by atoms with E-state index in [9.17, 15) is 0 Å². The van der Waals surface area contributed by atoms with Gasteiger partial charge in [-0.2, -0.15) is 11.8 Å². The Hall–Kier alpha value is -0.670. The van der Waals surface area contributed by atoms with Crippen LogP contribution in [0.2, 0.25) is 0 Å². The van der Waals surface area contributed by atoms with Gasteiger partial charge in [0.25, 0.3) is 0 Å². The van der Waals surface area contributed by atoms with Gasteiger partial charge in [0.15, 0.2) is 0 Å². The second-order valence-corrected chi connectivity index (χ2v) is 6.52. The molecule has 1 aliphatic rings. The van der Waals surface area contributed by atoms with E-state index in [0.29, 0.717) is 11.4 Å². The Bertz CT molecular complexity index is 379. The van der Waals surface area contributed by atoms with E-state index < -0.39 is 0 Å². The molecule has 0 aromatic heterocycles. The van der Waals surface area contributed by atoms with Crippen molar-refractivity contribution >= 4 is 11.8 Å². The quantitative estimate of drug-likeness (QED) is 0.815. The van der Waals surface area contributed by atoms with Gasteiger partial charge < -0.3 is 10.5 Å². The summed E-state index contributed by atoms with van der Waals surface area (Å²) < 4.78 is 5.80. The predicted octanol–water partition coefficient (Wildman–Crippen LogP) is 3.76. The van der Waals surface area contributed by atoms with Crippen molar-refractivity contribution in [3.63, 3.8) is 0 Å². The largest absolute Gasteiger partial charge is 0.490 e. The van der Waals surface area contributed by atoms with Gasteiger partial charge in [0, 0.05) is 17.0 Å². The summed E-state index contributed by atoms with van der Waals surface area (Å²) in [6.07, 6.45) is 4.04. The van der Waals surface area contributed by atoms with Crippen molar-refractivity contribution in [1.29, 1.82) is 0 Å². The number of nitrogens with two attached hydrogens (primary N) is 1. The van der Waals surface area contributed by atoms with Crippen LogP contribution in [0.4, 0.5) is 0 Å². The summed E-state index contributed by atoms with van der Waals surface area (Å²) in [6.45, 7) is 4.47. The molecule has 18 heavy (non-hydrogen) atoms. The number of hydrogen-bond acceptors (Lipinski definition) is 3. The third kappa shape index (κ3) is 4.21. The Morgan fingerprint density at radius 1 is 1.44 bits per heavy atom. The lowest BCUT2D eigenvalue weighted by atomic mass is 10.1. The maximum absolute atomic E-state index is 6.24. The first-order chi connectivity index (χ1) is 8.69. The minimum absolute atomic E-state index is 0.103. The van der Waals surface area contributed by atoms with Crippen LogP contribution in [0, 0.1) is 0 Å². The Kier molecular flexibility index (Phi) is 4.95. The maximum Gasteiger partial charge on any atom is 0.120 e. The fraction of sp³-hybridized carbons (Fsp3) is 0.600. The van der Waals surface area contributed by atoms with E-state index in [1.165, 1.54) is 24.8 Å². The second-order valence-electron chi connectivity index (χ2n) is 5.05. The normalized spacial score (nSPS) is 18.4.